The molecule has 0 unspecified atom stereocenters. The number of benzene rings is 2. The van der Waals surface area contributed by atoms with E-state index < -0.39 is 15.9 Å². The van der Waals surface area contributed by atoms with Gasteiger partial charge in [0.25, 0.3) is 5.91 Å². The average Bonchev–Trinajstić information content (AvgIpc) is 2.79. The standard InChI is InChI=1S/C22H24ClN3O5S/c1-2-14-5-7-16(8-6-14)24-22(28)15-4-3-9-26(12-15)32(29,30)20-11-19-18(10-17(20)23)25-21(27)13-31-19/h5-8,10-11,15H,2-4,9,12-13H2,1H3,(H,24,28)(H,25,27)/t15-/m0/s1. The van der Waals surface area contributed by atoms with Gasteiger partial charge in [-0.05, 0) is 43.0 Å². The van der Waals surface area contributed by atoms with E-state index in [1.54, 1.807) is 0 Å². The van der Waals surface area contributed by atoms with Gasteiger partial charge in [-0.1, -0.05) is 30.7 Å². The second kappa shape index (κ2) is 9.09. The number of ether oxygens (including phenoxy) is 1. The number of aryl methyl sites for hydroxylation is 1. The summed E-state index contributed by atoms with van der Waals surface area (Å²) in [6.07, 6.45) is 2.06. The molecule has 2 aliphatic heterocycles. The number of anilines is 2. The van der Waals surface area contributed by atoms with Crippen molar-refractivity contribution in [2.45, 2.75) is 31.1 Å². The maximum absolute atomic E-state index is 13.3. The molecule has 10 heteroatoms. The number of sulfonamides is 1. The van der Waals surface area contributed by atoms with E-state index in [9.17, 15) is 18.0 Å². The quantitative estimate of drug-likeness (QED) is 0.687. The summed E-state index contributed by atoms with van der Waals surface area (Å²) >= 11 is 6.25. The lowest BCUT2D eigenvalue weighted by Gasteiger charge is -2.31. The Morgan fingerprint density at radius 1 is 1.28 bits per heavy atom. The first-order chi connectivity index (χ1) is 15.3. The third kappa shape index (κ3) is 4.60. The molecular weight excluding hydrogens is 454 g/mol. The largest absolute Gasteiger partial charge is 0.482 e. The van der Waals surface area contributed by atoms with Crippen molar-refractivity contribution in [3.63, 3.8) is 0 Å². The molecule has 0 spiro atoms. The lowest BCUT2D eigenvalue weighted by atomic mass is 9.98. The number of fused-ring (bicyclic) bond motifs is 1. The molecule has 0 saturated carbocycles. The van der Waals surface area contributed by atoms with Crippen molar-refractivity contribution in [1.29, 1.82) is 0 Å². The predicted molar refractivity (Wildman–Crippen MR) is 122 cm³/mol. The zero-order valence-corrected chi connectivity index (χ0v) is 19.1. The number of hydrogen-bond donors (Lipinski definition) is 2. The van der Waals surface area contributed by atoms with Crippen molar-refractivity contribution in [2.75, 3.05) is 30.3 Å². The second-order valence-electron chi connectivity index (χ2n) is 7.86. The first-order valence-corrected chi connectivity index (χ1v) is 12.3. The van der Waals surface area contributed by atoms with E-state index in [4.69, 9.17) is 16.3 Å². The van der Waals surface area contributed by atoms with Gasteiger partial charge in [-0.15, -0.1) is 0 Å². The van der Waals surface area contributed by atoms with Crippen molar-refractivity contribution in [3.05, 3.63) is 47.0 Å². The van der Waals surface area contributed by atoms with E-state index in [2.05, 4.69) is 17.6 Å². The van der Waals surface area contributed by atoms with E-state index >= 15 is 0 Å². The molecular formula is C22H24ClN3O5S. The van der Waals surface area contributed by atoms with Crippen LogP contribution in [0.25, 0.3) is 0 Å². The van der Waals surface area contributed by atoms with E-state index in [1.807, 2.05) is 24.3 Å². The molecule has 32 heavy (non-hydrogen) atoms. The van der Waals surface area contributed by atoms with Gasteiger partial charge >= 0.3 is 0 Å². The minimum Gasteiger partial charge on any atom is -0.482 e. The number of halogens is 1. The first kappa shape index (κ1) is 22.6. The normalized spacial score (nSPS) is 18.9. The molecule has 170 valence electrons. The van der Waals surface area contributed by atoms with Gasteiger partial charge in [-0.2, -0.15) is 4.31 Å². The second-order valence-corrected chi connectivity index (χ2v) is 10.2. The molecule has 2 aromatic carbocycles. The van der Waals surface area contributed by atoms with Crippen LogP contribution < -0.4 is 15.4 Å². The van der Waals surface area contributed by atoms with Crippen LogP contribution >= 0.6 is 11.6 Å². The summed E-state index contributed by atoms with van der Waals surface area (Å²) < 4.78 is 33.3. The van der Waals surface area contributed by atoms with Crippen LogP contribution in [-0.2, 0) is 26.0 Å². The molecule has 0 aromatic heterocycles. The smallest absolute Gasteiger partial charge is 0.262 e. The third-order valence-electron chi connectivity index (χ3n) is 5.67. The summed E-state index contributed by atoms with van der Waals surface area (Å²) in [6.45, 7) is 2.22. The summed E-state index contributed by atoms with van der Waals surface area (Å²) in [5.74, 6) is -0.777. The van der Waals surface area contributed by atoms with Crippen molar-refractivity contribution >= 4 is 44.8 Å². The third-order valence-corrected chi connectivity index (χ3v) is 8.00. The molecule has 2 aromatic rings. The van der Waals surface area contributed by atoms with Crippen LogP contribution in [0.15, 0.2) is 41.3 Å². The average molecular weight is 478 g/mol. The highest BCUT2D eigenvalue weighted by Crippen LogP contribution is 2.37. The van der Waals surface area contributed by atoms with Crippen LogP contribution in [0.5, 0.6) is 5.75 Å². The highest BCUT2D eigenvalue weighted by Gasteiger charge is 2.35. The number of hydrogen-bond acceptors (Lipinski definition) is 5. The topological polar surface area (TPSA) is 105 Å². The van der Waals surface area contributed by atoms with Crippen molar-refractivity contribution < 1.29 is 22.7 Å². The Morgan fingerprint density at radius 3 is 2.75 bits per heavy atom. The fourth-order valence-corrected chi connectivity index (χ4v) is 5.90. The molecule has 0 bridgehead atoms. The molecule has 2 amide bonds. The number of amides is 2. The first-order valence-electron chi connectivity index (χ1n) is 10.4. The lowest BCUT2D eigenvalue weighted by molar-refractivity contribution is -0.121. The molecule has 2 aliphatic rings. The number of nitrogens with zero attached hydrogens (tertiary/aromatic N) is 1. The highest BCUT2D eigenvalue weighted by atomic mass is 35.5. The van der Waals surface area contributed by atoms with Gasteiger partial charge in [0.05, 0.1) is 16.6 Å². The molecule has 4 rings (SSSR count). The van der Waals surface area contributed by atoms with Crippen molar-refractivity contribution in [3.8, 4) is 5.75 Å². The van der Waals surface area contributed by atoms with Crippen LogP contribution in [0.3, 0.4) is 0 Å². The van der Waals surface area contributed by atoms with Gasteiger partial charge in [-0.25, -0.2) is 8.42 Å². The summed E-state index contributed by atoms with van der Waals surface area (Å²) in [5.41, 5.74) is 2.18. The number of nitrogens with one attached hydrogen (secondary N) is 2. The number of piperidine rings is 1. The van der Waals surface area contributed by atoms with Crippen molar-refractivity contribution in [2.24, 2.45) is 5.92 Å². The van der Waals surface area contributed by atoms with Crippen molar-refractivity contribution in [1.82, 2.24) is 4.31 Å². The molecule has 1 atom stereocenters. The molecule has 1 fully saturated rings. The molecule has 2 N–H and O–H groups in total. The van der Waals surface area contributed by atoms with Crippen LogP contribution in [0.1, 0.15) is 25.3 Å². The highest BCUT2D eigenvalue weighted by molar-refractivity contribution is 7.89. The van der Waals surface area contributed by atoms with Gasteiger partial charge in [0, 0.05) is 24.8 Å². The Hall–Kier alpha value is -2.62. The molecule has 1 saturated heterocycles. The van der Waals surface area contributed by atoms with Crippen LogP contribution in [0.4, 0.5) is 11.4 Å². The number of carbonyl (C=O) groups excluding carboxylic acids is 2. The van der Waals surface area contributed by atoms with E-state index in [-0.39, 0.29) is 40.6 Å². The van der Waals surface area contributed by atoms with E-state index in [0.717, 1.165) is 6.42 Å². The summed E-state index contributed by atoms with van der Waals surface area (Å²) in [4.78, 5) is 24.2. The Kier molecular flexibility index (Phi) is 6.41. The van der Waals surface area contributed by atoms with Gasteiger partial charge in [0.2, 0.25) is 15.9 Å². The van der Waals surface area contributed by atoms with Gasteiger partial charge in [0.15, 0.2) is 6.61 Å². The summed E-state index contributed by atoms with van der Waals surface area (Å²) in [6, 6.07) is 10.3. The summed E-state index contributed by atoms with van der Waals surface area (Å²) in [7, 11) is -3.96. The zero-order valence-electron chi connectivity index (χ0n) is 17.6. The Balaban J connectivity index is 1.51. The number of carbonyl (C=O) groups is 2. The zero-order chi connectivity index (χ0) is 22.9. The molecule has 0 aliphatic carbocycles. The molecule has 2 heterocycles. The van der Waals surface area contributed by atoms with Crippen LogP contribution in [0.2, 0.25) is 5.02 Å². The van der Waals surface area contributed by atoms with Gasteiger partial charge in [0.1, 0.15) is 10.6 Å². The Morgan fingerprint density at radius 2 is 2.03 bits per heavy atom. The monoisotopic (exact) mass is 477 g/mol. The van der Waals surface area contributed by atoms with E-state index in [1.165, 1.54) is 22.0 Å². The predicted octanol–water partition coefficient (Wildman–Crippen LogP) is 3.27. The van der Waals surface area contributed by atoms with Gasteiger partial charge < -0.3 is 15.4 Å². The fourth-order valence-electron chi connectivity index (χ4n) is 3.86. The molecule has 0 radical (unpaired) electrons. The van der Waals surface area contributed by atoms with Gasteiger partial charge in [-0.3, -0.25) is 9.59 Å². The maximum Gasteiger partial charge on any atom is 0.262 e. The maximum atomic E-state index is 13.3. The lowest BCUT2D eigenvalue weighted by Crippen LogP contribution is -2.43. The SMILES string of the molecule is CCc1ccc(NC(=O)[C@H]2CCCN(S(=O)(=O)c3cc4c(cc3Cl)NC(=O)CO4)C2)cc1. The van der Waals surface area contributed by atoms with Crippen LogP contribution in [0, 0.1) is 5.92 Å². The Bertz CT molecular complexity index is 1150. The minimum absolute atomic E-state index is 0.0165. The molecule has 8 nitrogen and oxygen atoms in total. The fraction of sp³-hybridized carbons (Fsp3) is 0.364. The minimum atomic E-state index is -3.96. The van der Waals surface area contributed by atoms with Crippen LogP contribution in [-0.4, -0.2) is 44.2 Å². The Labute approximate surface area is 191 Å². The van der Waals surface area contributed by atoms with E-state index in [0.29, 0.717) is 30.8 Å². The number of rotatable bonds is 5. The summed E-state index contributed by atoms with van der Waals surface area (Å²) in [5, 5.41) is 5.47.